The maximum atomic E-state index is 12.3. The standard InChI is InChI=1S/C20H20N4O5S/c1-14-7-9-15(10-8-14)18(25)21-11-12-22-19(26)20-23-17(24-29-20)13-30(27,28)16-5-3-2-4-6-16/h2-10H,11-13H2,1H3,(H,21,25)(H,22,26). The molecule has 0 spiro atoms. The molecule has 156 valence electrons. The average molecular weight is 428 g/mol. The molecular formula is C20H20N4O5S. The number of benzene rings is 2. The molecule has 0 fully saturated rings. The van der Waals surface area contributed by atoms with Gasteiger partial charge >= 0.3 is 11.8 Å². The number of aromatic nitrogens is 2. The van der Waals surface area contributed by atoms with Crippen molar-refractivity contribution in [1.82, 2.24) is 20.8 Å². The van der Waals surface area contributed by atoms with Crippen LogP contribution in [0.2, 0.25) is 0 Å². The van der Waals surface area contributed by atoms with Crippen molar-refractivity contribution in [1.29, 1.82) is 0 Å². The van der Waals surface area contributed by atoms with Crippen LogP contribution in [0.1, 0.15) is 32.4 Å². The van der Waals surface area contributed by atoms with Gasteiger partial charge in [-0.2, -0.15) is 4.98 Å². The Balaban J connectivity index is 1.48. The van der Waals surface area contributed by atoms with Gasteiger partial charge in [0.05, 0.1) is 4.90 Å². The lowest BCUT2D eigenvalue weighted by molar-refractivity contribution is 0.0898. The van der Waals surface area contributed by atoms with E-state index in [4.69, 9.17) is 4.52 Å². The SMILES string of the molecule is Cc1ccc(C(=O)NCCNC(=O)c2nc(CS(=O)(=O)c3ccccc3)no2)cc1. The van der Waals surface area contributed by atoms with Crippen molar-refractivity contribution in [2.45, 2.75) is 17.6 Å². The number of nitrogens with one attached hydrogen (secondary N) is 2. The molecule has 0 aliphatic carbocycles. The first-order chi connectivity index (χ1) is 14.3. The molecule has 0 unspecified atom stereocenters. The first kappa shape index (κ1) is 21.2. The third kappa shape index (κ3) is 5.51. The normalized spacial score (nSPS) is 11.1. The van der Waals surface area contributed by atoms with E-state index in [2.05, 4.69) is 20.8 Å². The molecule has 1 heterocycles. The lowest BCUT2D eigenvalue weighted by Crippen LogP contribution is -2.34. The lowest BCUT2D eigenvalue weighted by Gasteiger charge is -2.06. The summed E-state index contributed by atoms with van der Waals surface area (Å²) >= 11 is 0. The van der Waals surface area contributed by atoms with Crippen LogP contribution in [0.5, 0.6) is 0 Å². The van der Waals surface area contributed by atoms with E-state index in [1.165, 1.54) is 12.1 Å². The van der Waals surface area contributed by atoms with E-state index in [-0.39, 0.29) is 35.6 Å². The Bertz CT molecular complexity index is 1130. The third-order valence-electron chi connectivity index (χ3n) is 4.09. The fourth-order valence-electron chi connectivity index (χ4n) is 2.52. The Kier molecular flexibility index (Phi) is 6.58. The van der Waals surface area contributed by atoms with E-state index in [9.17, 15) is 18.0 Å². The van der Waals surface area contributed by atoms with Gasteiger partial charge in [0.1, 0.15) is 5.75 Å². The molecule has 30 heavy (non-hydrogen) atoms. The highest BCUT2D eigenvalue weighted by Crippen LogP contribution is 2.14. The molecule has 2 aromatic carbocycles. The topological polar surface area (TPSA) is 131 Å². The van der Waals surface area contributed by atoms with Crippen molar-refractivity contribution >= 4 is 21.7 Å². The van der Waals surface area contributed by atoms with Crippen molar-refractivity contribution in [3.8, 4) is 0 Å². The van der Waals surface area contributed by atoms with E-state index in [0.29, 0.717) is 5.56 Å². The summed E-state index contributed by atoms with van der Waals surface area (Å²) in [4.78, 5) is 28.0. The molecule has 1 aromatic heterocycles. The van der Waals surface area contributed by atoms with Crippen molar-refractivity contribution in [2.24, 2.45) is 0 Å². The van der Waals surface area contributed by atoms with Crippen LogP contribution < -0.4 is 10.6 Å². The molecule has 9 nitrogen and oxygen atoms in total. The van der Waals surface area contributed by atoms with Crippen LogP contribution in [-0.2, 0) is 15.6 Å². The van der Waals surface area contributed by atoms with Crippen LogP contribution in [0.25, 0.3) is 0 Å². The first-order valence-corrected chi connectivity index (χ1v) is 10.7. The Morgan fingerprint density at radius 2 is 1.57 bits per heavy atom. The van der Waals surface area contributed by atoms with Crippen molar-refractivity contribution < 1.29 is 22.5 Å². The second kappa shape index (κ2) is 9.31. The van der Waals surface area contributed by atoms with Crippen molar-refractivity contribution in [3.63, 3.8) is 0 Å². The summed E-state index contributed by atoms with van der Waals surface area (Å²) in [5, 5.41) is 8.76. The van der Waals surface area contributed by atoms with Crippen LogP contribution in [0.3, 0.4) is 0 Å². The summed E-state index contributed by atoms with van der Waals surface area (Å²) in [6, 6.07) is 15.0. The zero-order valence-corrected chi connectivity index (χ0v) is 17.0. The molecule has 3 aromatic rings. The van der Waals surface area contributed by atoms with Gasteiger partial charge in [0.15, 0.2) is 15.7 Å². The number of carbonyl (C=O) groups excluding carboxylic acids is 2. The molecule has 10 heteroatoms. The minimum absolute atomic E-state index is 0.114. The van der Waals surface area contributed by atoms with Gasteiger partial charge in [-0.3, -0.25) is 9.59 Å². The lowest BCUT2D eigenvalue weighted by atomic mass is 10.1. The van der Waals surface area contributed by atoms with Crippen molar-refractivity contribution in [2.75, 3.05) is 13.1 Å². The maximum absolute atomic E-state index is 12.3. The number of carbonyl (C=O) groups is 2. The Labute approximate surface area is 173 Å². The average Bonchev–Trinajstić information content (AvgIpc) is 3.20. The molecule has 0 saturated heterocycles. The van der Waals surface area contributed by atoms with Crippen LogP contribution in [-0.4, -0.2) is 43.5 Å². The summed E-state index contributed by atoms with van der Waals surface area (Å²) in [5.74, 6) is -1.86. The minimum Gasteiger partial charge on any atom is -0.350 e. The van der Waals surface area contributed by atoms with E-state index in [1.54, 1.807) is 30.3 Å². The highest BCUT2D eigenvalue weighted by molar-refractivity contribution is 7.90. The molecule has 0 aliphatic rings. The highest BCUT2D eigenvalue weighted by Gasteiger charge is 2.21. The van der Waals surface area contributed by atoms with E-state index >= 15 is 0 Å². The smallest absolute Gasteiger partial charge is 0.315 e. The van der Waals surface area contributed by atoms with Crippen LogP contribution >= 0.6 is 0 Å². The Morgan fingerprint density at radius 3 is 2.23 bits per heavy atom. The third-order valence-corrected chi connectivity index (χ3v) is 5.72. The molecule has 2 N–H and O–H groups in total. The van der Waals surface area contributed by atoms with Gasteiger partial charge in [0.2, 0.25) is 0 Å². The Morgan fingerprint density at radius 1 is 0.933 bits per heavy atom. The fraction of sp³-hybridized carbons (Fsp3) is 0.200. The summed E-state index contributed by atoms with van der Waals surface area (Å²) in [5.41, 5.74) is 1.57. The predicted molar refractivity (Wildman–Crippen MR) is 107 cm³/mol. The molecule has 0 aliphatic heterocycles. The number of nitrogens with zero attached hydrogens (tertiary/aromatic N) is 2. The fourth-order valence-corrected chi connectivity index (χ4v) is 3.72. The van der Waals surface area contributed by atoms with Gasteiger partial charge in [-0.05, 0) is 31.2 Å². The number of amides is 2. The summed E-state index contributed by atoms with van der Waals surface area (Å²) in [6.07, 6.45) is 0. The van der Waals surface area contributed by atoms with E-state index < -0.39 is 21.5 Å². The number of sulfone groups is 1. The second-order valence-corrected chi connectivity index (χ2v) is 8.46. The highest BCUT2D eigenvalue weighted by atomic mass is 32.2. The monoisotopic (exact) mass is 428 g/mol. The number of hydrogen-bond donors (Lipinski definition) is 2. The minimum atomic E-state index is -3.65. The van der Waals surface area contributed by atoms with Gasteiger partial charge in [-0.15, -0.1) is 0 Å². The summed E-state index contributed by atoms with van der Waals surface area (Å²) in [6.45, 7) is 2.26. The van der Waals surface area contributed by atoms with E-state index in [1.807, 2.05) is 19.1 Å². The number of aryl methyl sites for hydroxylation is 1. The molecule has 2 amide bonds. The predicted octanol–water partition coefficient (Wildman–Crippen LogP) is 1.51. The van der Waals surface area contributed by atoms with Crippen LogP contribution in [0.4, 0.5) is 0 Å². The van der Waals surface area contributed by atoms with E-state index in [0.717, 1.165) is 5.56 Å². The van der Waals surface area contributed by atoms with Crippen LogP contribution in [0, 0.1) is 6.92 Å². The number of rotatable bonds is 8. The van der Waals surface area contributed by atoms with Gasteiger partial charge < -0.3 is 15.2 Å². The molecule has 0 atom stereocenters. The summed E-state index contributed by atoms with van der Waals surface area (Å²) < 4.78 is 29.5. The summed E-state index contributed by atoms with van der Waals surface area (Å²) in [7, 11) is -3.65. The van der Waals surface area contributed by atoms with Gasteiger partial charge in [0, 0.05) is 18.7 Å². The molecular weight excluding hydrogens is 408 g/mol. The molecule has 3 rings (SSSR count). The Hall–Kier alpha value is -3.53. The van der Waals surface area contributed by atoms with Gasteiger partial charge in [-0.25, -0.2) is 8.42 Å². The molecule has 0 radical (unpaired) electrons. The second-order valence-electron chi connectivity index (χ2n) is 6.47. The quantitative estimate of drug-likeness (QED) is 0.520. The van der Waals surface area contributed by atoms with Gasteiger partial charge in [0.25, 0.3) is 5.91 Å². The number of hydrogen-bond acceptors (Lipinski definition) is 7. The largest absolute Gasteiger partial charge is 0.350 e. The first-order valence-electron chi connectivity index (χ1n) is 9.08. The molecule has 0 saturated carbocycles. The molecule has 0 bridgehead atoms. The zero-order chi connectivity index (χ0) is 21.6. The zero-order valence-electron chi connectivity index (χ0n) is 16.2. The van der Waals surface area contributed by atoms with Crippen molar-refractivity contribution in [3.05, 3.63) is 77.4 Å². The maximum Gasteiger partial charge on any atom is 0.315 e. The van der Waals surface area contributed by atoms with Crippen LogP contribution in [0.15, 0.2) is 64.0 Å². The van der Waals surface area contributed by atoms with Gasteiger partial charge in [-0.1, -0.05) is 41.1 Å².